The van der Waals surface area contributed by atoms with E-state index in [-0.39, 0.29) is 17.3 Å². The zero-order valence-corrected chi connectivity index (χ0v) is 23.1. The molecule has 3 rings (SSSR count). The summed E-state index contributed by atoms with van der Waals surface area (Å²) in [7, 11) is -4.18. The van der Waals surface area contributed by atoms with E-state index >= 15 is 0 Å². The van der Waals surface area contributed by atoms with Crippen LogP contribution in [0.15, 0.2) is 77.7 Å². The van der Waals surface area contributed by atoms with Gasteiger partial charge in [-0.05, 0) is 73.9 Å². The lowest BCUT2D eigenvalue weighted by atomic mass is 10.1. The Morgan fingerprint density at radius 1 is 1.00 bits per heavy atom. The molecule has 0 fully saturated rings. The second-order valence-corrected chi connectivity index (χ2v) is 11.2. The van der Waals surface area contributed by atoms with Crippen LogP contribution >= 0.6 is 11.6 Å². The molecule has 1 unspecified atom stereocenters. The van der Waals surface area contributed by atoms with E-state index in [9.17, 15) is 22.4 Å². The fourth-order valence-corrected chi connectivity index (χ4v) is 5.46. The van der Waals surface area contributed by atoms with Gasteiger partial charge in [0.25, 0.3) is 10.0 Å². The first-order valence-electron chi connectivity index (χ1n) is 12.2. The number of sulfonamides is 1. The molecule has 1 atom stereocenters. The first-order chi connectivity index (χ1) is 18.0. The number of hydrogen-bond donors (Lipinski definition) is 1. The van der Waals surface area contributed by atoms with Gasteiger partial charge in [0.2, 0.25) is 11.8 Å². The smallest absolute Gasteiger partial charge is 0.264 e. The summed E-state index contributed by atoms with van der Waals surface area (Å²) in [5.74, 6) is -1.39. The maximum Gasteiger partial charge on any atom is 0.264 e. The number of anilines is 1. The Labute approximate surface area is 228 Å². The number of rotatable bonds is 11. The van der Waals surface area contributed by atoms with E-state index in [0.717, 1.165) is 4.31 Å². The lowest BCUT2D eigenvalue weighted by Crippen LogP contribution is -2.51. The number of carbonyl (C=O) groups is 2. The summed E-state index contributed by atoms with van der Waals surface area (Å²) in [6, 6.07) is 17.2. The summed E-state index contributed by atoms with van der Waals surface area (Å²) in [5.41, 5.74) is 1.58. The van der Waals surface area contributed by atoms with E-state index in [2.05, 4.69) is 5.32 Å². The Morgan fingerprint density at radius 3 is 2.24 bits per heavy atom. The van der Waals surface area contributed by atoms with Crippen molar-refractivity contribution in [3.8, 4) is 0 Å². The molecule has 1 N–H and O–H groups in total. The maximum absolute atomic E-state index is 13.8. The lowest BCUT2D eigenvalue weighted by molar-refractivity contribution is -0.139. The normalized spacial score (nSPS) is 12.0. The average Bonchev–Trinajstić information content (AvgIpc) is 2.90. The standard InChI is InChI=1S/C28H31ClFN3O4S/c1-4-17-31-28(35)21(3)32(18-22-9-13-24(30)14-10-22)27(34)19-33(26-8-6-5-7-20(26)2)38(36,37)25-15-11-23(29)12-16-25/h5-16,21H,4,17-19H2,1-3H3,(H,31,35). The highest BCUT2D eigenvalue weighted by Crippen LogP contribution is 2.28. The van der Waals surface area contributed by atoms with Crippen molar-refractivity contribution in [2.45, 2.75) is 44.7 Å². The molecule has 3 aromatic carbocycles. The highest BCUT2D eigenvalue weighted by Gasteiger charge is 2.33. The molecule has 0 spiro atoms. The first-order valence-corrected chi connectivity index (χ1v) is 14.0. The fraction of sp³-hybridized carbons (Fsp3) is 0.286. The summed E-state index contributed by atoms with van der Waals surface area (Å²) in [4.78, 5) is 27.9. The van der Waals surface area contributed by atoms with Gasteiger partial charge in [0, 0.05) is 18.1 Å². The third-order valence-electron chi connectivity index (χ3n) is 6.05. The molecular formula is C28H31ClFN3O4S. The van der Waals surface area contributed by atoms with Crippen LogP contribution in [0.3, 0.4) is 0 Å². The van der Waals surface area contributed by atoms with Crippen molar-refractivity contribution in [1.29, 1.82) is 0 Å². The Morgan fingerprint density at radius 2 is 1.63 bits per heavy atom. The zero-order chi connectivity index (χ0) is 27.9. The van der Waals surface area contributed by atoms with Crippen LogP contribution in [-0.4, -0.2) is 44.3 Å². The van der Waals surface area contributed by atoms with Crippen LogP contribution in [-0.2, 0) is 26.2 Å². The molecule has 0 aromatic heterocycles. The number of amides is 2. The molecule has 0 radical (unpaired) electrons. The predicted molar refractivity (Wildman–Crippen MR) is 147 cm³/mol. The van der Waals surface area contributed by atoms with Crippen molar-refractivity contribution in [3.63, 3.8) is 0 Å². The van der Waals surface area contributed by atoms with Crippen molar-refractivity contribution < 1.29 is 22.4 Å². The Hall–Kier alpha value is -3.43. The minimum Gasteiger partial charge on any atom is -0.354 e. The summed E-state index contributed by atoms with van der Waals surface area (Å²) in [6.07, 6.45) is 0.713. The molecule has 0 aliphatic heterocycles. The Bertz CT molecular complexity index is 1370. The number of para-hydroxylation sites is 1. The highest BCUT2D eigenvalue weighted by molar-refractivity contribution is 7.92. The molecule has 7 nitrogen and oxygen atoms in total. The van der Waals surface area contributed by atoms with Crippen LogP contribution in [0.5, 0.6) is 0 Å². The molecule has 0 saturated carbocycles. The van der Waals surface area contributed by atoms with Gasteiger partial charge in [-0.15, -0.1) is 0 Å². The Kier molecular flexibility index (Phi) is 9.88. The third kappa shape index (κ3) is 7.11. The number of halogens is 2. The molecule has 3 aromatic rings. The van der Waals surface area contributed by atoms with Crippen LogP contribution in [0.2, 0.25) is 5.02 Å². The highest BCUT2D eigenvalue weighted by atomic mass is 35.5. The summed E-state index contributed by atoms with van der Waals surface area (Å²) in [6.45, 7) is 5.11. The second-order valence-electron chi connectivity index (χ2n) is 8.87. The van der Waals surface area contributed by atoms with Crippen LogP contribution < -0.4 is 9.62 Å². The van der Waals surface area contributed by atoms with Crippen molar-refractivity contribution in [3.05, 3.63) is 94.8 Å². The largest absolute Gasteiger partial charge is 0.354 e. The zero-order valence-electron chi connectivity index (χ0n) is 21.5. The molecule has 38 heavy (non-hydrogen) atoms. The van der Waals surface area contributed by atoms with Gasteiger partial charge in [0.1, 0.15) is 18.4 Å². The number of aryl methyl sites for hydroxylation is 1. The maximum atomic E-state index is 13.8. The molecule has 0 aliphatic carbocycles. The van der Waals surface area contributed by atoms with Crippen LogP contribution in [0.1, 0.15) is 31.4 Å². The van der Waals surface area contributed by atoms with Gasteiger partial charge in [0.15, 0.2) is 0 Å². The monoisotopic (exact) mass is 559 g/mol. The summed E-state index contributed by atoms with van der Waals surface area (Å²) >= 11 is 5.97. The van der Waals surface area contributed by atoms with Gasteiger partial charge in [0.05, 0.1) is 10.6 Å². The molecule has 2 amide bonds. The fourth-order valence-electron chi connectivity index (χ4n) is 3.86. The molecule has 202 valence electrons. The minimum absolute atomic E-state index is 0.0115. The van der Waals surface area contributed by atoms with Crippen molar-refractivity contribution >= 4 is 39.1 Å². The van der Waals surface area contributed by atoms with Gasteiger partial charge >= 0.3 is 0 Å². The molecule has 0 saturated heterocycles. The summed E-state index contributed by atoms with van der Waals surface area (Å²) < 4.78 is 42.1. The van der Waals surface area contributed by atoms with Gasteiger partial charge in [-0.1, -0.05) is 48.9 Å². The second kappa shape index (κ2) is 12.9. The van der Waals surface area contributed by atoms with E-state index in [1.807, 2.05) is 6.92 Å². The average molecular weight is 560 g/mol. The number of benzene rings is 3. The van der Waals surface area contributed by atoms with Crippen molar-refractivity contribution in [2.75, 3.05) is 17.4 Å². The lowest BCUT2D eigenvalue weighted by Gasteiger charge is -2.32. The van der Waals surface area contributed by atoms with Crippen LogP contribution in [0.4, 0.5) is 10.1 Å². The molecule has 0 bridgehead atoms. The van der Waals surface area contributed by atoms with E-state index < -0.39 is 34.3 Å². The van der Waals surface area contributed by atoms with Crippen LogP contribution in [0, 0.1) is 12.7 Å². The van der Waals surface area contributed by atoms with Crippen LogP contribution in [0.25, 0.3) is 0 Å². The number of carbonyl (C=O) groups excluding carboxylic acids is 2. The quantitative estimate of drug-likeness (QED) is 0.361. The topological polar surface area (TPSA) is 86.8 Å². The molecule has 0 heterocycles. The van der Waals surface area contributed by atoms with Gasteiger partial charge in [-0.3, -0.25) is 13.9 Å². The molecule has 10 heteroatoms. The summed E-state index contributed by atoms with van der Waals surface area (Å²) in [5, 5.41) is 3.16. The Balaban J connectivity index is 2.02. The SMILES string of the molecule is CCCNC(=O)C(C)N(Cc1ccc(F)cc1)C(=O)CN(c1ccccc1C)S(=O)(=O)c1ccc(Cl)cc1. The van der Waals surface area contributed by atoms with Crippen molar-refractivity contribution in [2.24, 2.45) is 0 Å². The van der Waals surface area contributed by atoms with Gasteiger partial charge in [-0.2, -0.15) is 0 Å². The predicted octanol–water partition coefficient (Wildman–Crippen LogP) is 4.93. The van der Waals surface area contributed by atoms with Gasteiger partial charge < -0.3 is 10.2 Å². The van der Waals surface area contributed by atoms with E-state index in [4.69, 9.17) is 11.6 Å². The van der Waals surface area contributed by atoms with Gasteiger partial charge in [-0.25, -0.2) is 12.8 Å². The van der Waals surface area contributed by atoms with E-state index in [1.165, 1.54) is 53.4 Å². The number of hydrogen-bond acceptors (Lipinski definition) is 4. The minimum atomic E-state index is -4.18. The molecular weight excluding hydrogens is 529 g/mol. The third-order valence-corrected chi connectivity index (χ3v) is 8.07. The van der Waals surface area contributed by atoms with E-state index in [1.54, 1.807) is 38.1 Å². The number of nitrogens with zero attached hydrogens (tertiary/aromatic N) is 2. The molecule has 0 aliphatic rings. The van der Waals surface area contributed by atoms with Crippen molar-refractivity contribution in [1.82, 2.24) is 10.2 Å². The first kappa shape index (κ1) is 29.1. The number of nitrogens with one attached hydrogen (secondary N) is 1. The van der Waals surface area contributed by atoms with E-state index in [0.29, 0.717) is 34.8 Å².